The Labute approximate surface area is 320 Å². The number of nitrogens with one attached hydrogen (secondary N) is 1. The van der Waals surface area contributed by atoms with Crippen LogP contribution in [-0.2, 0) is 28.7 Å². The third-order valence-electron chi connectivity index (χ3n) is 8.56. The highest BCUT2D eigenvalue weighted by Crippen LogP contribution is 2.51. The van der Waals surface area contributed by atoms with E-state index in [0.717, 1.165) is 15.4 Å². The van der Waals surface area contributed by atoms with Crippen molar-refractivity contribution >= 4 is 66.3 Å². The van der Waals surface area contributed by atoms with E-state index in [4.69, 9.17) is 9.47 Å². The minimum Gasteiger partial charge on any atom is -0.494 e. The highest BCUT2D eigenvalue weighted by molar-refractivity contribution is 7.93. The number of benzene rings is 4. The van der Waals surface area contributed by atoms with E-state index in [-0.39, 0.29) is 23.4 Å². The second kappa shape index (κ2) is 19.3. The molecule has 0 aliphatic heterocycles. The topological polar surface area (TPSA) is 216 Å². The summed E-state index contributed by atoms with van der Waals surface area (Å²) in [7, 11) is -4.29. The summed E-state index contributed by atoms with van der Waals surface area (Å²) in [5, 5.41) is 12.8. The van der Waals surface area contributed by atoms with Crippen molar-refractivity contribution in [2.75, 3.05) is 63.7 Å². The fourth-order valence-corrected chi connectivity index (χ4v) is 8.16. The monoisotopic (exact) mass is 817 g/mol. The number of ether oxygens (including phenoxy) is 2. The molecule has 4 N–H and O–H groups in total. The van der Waals surface area contributed by atoms with Crippen LogP contribution in [0.5, 0.6) is 5.75 Å². The van der Waals surface area contributed by atoms with Crippen molar-refractivity contribution in [1.82, 2.24) is 10.3 Å². The number of nitrogens with zero attached hydrogens (tertiary/aromatic N) is 4. The van der Waals surface area contributed by atoms with Gasteiger partial charge in [0.1, 0.15) is 5.75 Å². The van der Waals surface area contributed by atoms with Gasteiger partial charge in [-0.1, -0.05) is 36.4 Å². The van der Waals surface area contributed by atoms with E-state index in [9.17, 15) is 42.0 Å². The van der Waals surface area contributed by atoms with E-state index in [1.165, 1.54) is 37.5 Å². The molecular weight excluding hydrogens is 772 g/mol. The number of hydrogen-bond acceptors (Lipinski definition) is 12. The van der Waals surface area contributed by atoms with Crippen molar-refractivity contribution in [3.8, 4) is 5.75 Å². The Morgan fingerprint density at radius 3 is 2.22 bits per heavy atom. The van der Waals surface area contributed by atoms with Gasteiger partial charge in [-0.2, -0.15) is 5.10 Å². The molecule has 4 rings (SSSR count). The van der Waals surface area contributed by atoms with Crippen LogP contribution in [0.25, 0.3) is 10.8 Å². The first kappa shape index (κ1) is 43.1. The molecule has 0 radical (unpaired) electrons. The third kappa shape index (κ3) is 11.2. The number of carbonyl (C=O) groups is 2. The van der Waals surface area contributed by atoms with Crippen molar-refractivity contribution < 1.29 is 51.5 Å². The van der Waals surface area contributed by atoms with Gasteiger partial charge in [0.2, 0.25) is 21.1 Å². The molecule has 0 aliphatic carbocycles. The minimum atomic E-state index is -3.97. The van der Waals surface area contributed by atoms with Gasteiger partial charge in [-0.15, -0.1) is 0 Å². The molecule has 0 saturated carbocycles. The van der Waals surface area contributed by atoms with Crippen LogP contribution in [0, 0.1) is 0 Å². The molecule has 0 bridgehead atoms. The molecule has 16 nitrogen and oxygen atoms in total. The average Bonchev–Trinajstić information content (AvgIpc) is 3.16. The van der Waals surface area contributed by atoms with Gasteiger partial charge in [0.05, 0.1) is 29.0 Å². The smallest absolute Gasteiger partial charge is 0.338 e. The number of rotatable bonds is 19. The van der Waals surface area contributed by atoms with E-state index in [0.29, 0.717) is 42.0 Å². The molecule has 2 unspecified atom stereocenters. The van der Waals surface area contributed by atoms with Crippen molar-refractivity contribution in [1.29, 1.82) is 0 Å². The van der Waals surface area contributed by atoms with Gasteiger partial charge in [-0.25, -0.2) is 18.6 Å². The van der Waals surface area contributed by atoms with E-state index in [1.807, 2.05) is 31.1 Å². The lowest BCUT2D eigenvalue weighted by molar-refractivity contribution is -0.124. The average molecular weight is 818 g/mol. The quantitative estimate of drug-likeness (QED) is 0.0350. The summed E-state index contributed by atoms with van der Waals surface area (Å²) < 4.78 is 62.0. The number of esters is 1. The molecule has 4 aromatic rings. The summed E-state index contributed by atoms with van der Waals surface area (Å²) in [6, 6.07) is 23.3. The Hall–Kier alpha value is -4.60. The number of amides is 1. The molecule has 0 spiro atoms. The van der Waals surface area contributed by atoms with Gasteiger partial charge in [-0.3, -0.25) is 18.2 Å². The van der Waals surface area contributed by atoms with E-state index in [1.54, 1.807) is 60.5 Å². The number of sulfonamides is 1. The van der Waals surface area contributed by atoms with Crippen LogP contribution in [0.3, 0.4) is 0 Å². The zero-order valence-electron chi connectivity index (χ0n) is 30.7. The molecule has 0 fully saturated rings. The van der Waals surface area contributed by atoms with Crippen molar-refractivity contribution in [2.45, 2.75) is 22.8 Å². The van der Waals surface area contributed by atoms with E-state index < -0.39 is 49.6 Å². The van der Waals surface area contributed by atoms with Crippen LogP contribution in [0.2, 0.25) is 0 Å². The van der Waals surface area contributed by atoms with Crippen molar-refractivity contribution in [3.63, 3.8) is 0 Å². The summed E-state index contributed by atoms with van der Waals surface area (Å²) in [6.07, 6.45) is 1.61. The molecule has 0 aliphatic rings. The largest absolute Gasteiger partial charge is 0.494 e. The number of aliphatic hydroxyl groups is 1. The maximum Gasteiger partial charge on any atom is 0.338 e. The van der Waals surface area contributed by atoms with Gasteiger partial charge >= 0.3 is 5.97 Å². The highest BCUT2D eigenvalue weighted by atomic mass is 32.2. The second-order valence-corrected chi connectivity index (χ2v) is 18.0. The van der Waals surface area contributed by atoms with E-state index >= 15 is 0 Å². The van der Waals surface area contributed by atoms with Gasteiger partial charge in [0.25, 0.3) is 15.9 Å². The normalized spacial score (nSPS) is 14.0. The second-order valence-electron chi connectivity index (χ2n) is 12.7. The number of anilines is 2. The SMILES string of the molecule is CN(CCCOc1cccc(/C=N/NC(=O)COC(=O)c2ccc(N(C)S(=O)(=O)c3cccc4c(N(C)C)cccc34)cc2)c1)CCC(O)([PH](=O)O)[PH](=O)O. The third-order valence-corrected chi connectivity index (χ3v) is 13.6. The van der Waals surface area contributed by atoms with Gasteiger partial charge in [0.15, 0.2) is 6.61 Å². The number of hydrogen-bond donors (Lipinski definition) is 4. The Bertz CT molecular complexity index is 2160. The first-order valence-electron chi connectivity index (χ1n) is 16.9. The van der Waals surface area contributed by atoms with Crippen LogP contribution < -0.4 is 19.4 Å². The lowest BCUT2D eigenvalue weighted by atomic mass is 10.1. The molecule has 0 aromatic heterocycles. The maximum atomic E-state index is 13.7. The predicted octanol–water partition coefficient (Wildman–Crippen LogP) is 3.71. The molecule has 55 heavy (non-hydrogen) atoms. The lowest BCUT2D eigenvalue weighted by Gasteiger charge is -2.25. The summed E-state index contributed by atoms with van der Waals surface area (Å²) in [5.74, 6) is -0.947. The summed E-state index contributed by atoms with van der Waals surface area (Å²) >= 11 is 0. The number of carbonyl (C=O) groups excluding carboxylic acids is 2. The molecule has 0 saturated heterocycles. The molecule has 0 heterocycles. The molecule has 2 atom stereocenters. The maximum absolute atomic E-state index is 13.7. The molecular formula is C36H45N5O11P2S. The molecule has 296 valence electrons. The molecule has 1 amide bonds. The highest BCUT2D eigenvalue weighted by Gasteiger charge is 2.39. The Balaban J connectivity index is 1.23. The number of fused-ring (bicyclic) bond motifs is 1. The molecule has 4 aromatic carbocycles. The van der Waals surface area contributed by atoms with Gasteiger partial charge < -0.3 is 34.2 Å². The molecule has 19 heteroatoms. The van der Waals surface area contributed by atoms with Crippen LogP contribution in [-0.4, -0.2) is 106 Å². The standard InChI is InChI=1S/C36H45N5O11P2S/c1-39(2)32-13-6-12-31-30(32)11-7-14-33(31)55(49,50)41(4)28-17-15-27(16-18-28)35(43)52-25-34(42)38-37-24-26-9-5-10-29(23-26)51-22-8-20-40(3)21-19-36(44,53(45)46)54(47)48/h5-7,9-18,23-24,44,53-54H,8,19-22,25H2,1-4H3,(H,38,42)(H,45,46)(H,47,48)/b37-24+. The van der Waals surface area contributed by atoms with Crippen LogP contribution in [0.4, 0.5) is 11.4 Å². The van der Waals surface area contributed by atoms with Crippen LogP contribution >= 0.6 is 16.1 Å². The summed E-state index contributed by atoms with van der Waals surface area (Å²) in [4.78, 5) is 47.2. The minimum absolute atomic E-state index is 0.114. The van der Waals surface area contributed by atoms with Gasteiger partial charge in [-0.05, 0) is 67.6 Å². The zero-order chi connectivity index (χ0) is 40.3. The lowest BCUT2D eigenvalue weighted by Crippen LogP contribution is -2.29. The fourth-order valence-electron chi connectivity index (χ4n) is 5.38. The first-order valence-corrected chi connectivity index (χ1v) is 21.1. The van der Waals surface area contributed by atoms with Crippen molar-refractivity contribution in [2.24, 2.45) is 5.10 Å². The Morgan fingerprint density at radius 1 is 0.891 bits per heavy atom. The zero-order valence-corrected chi connectivity index (χ0v) is 33.5. The first-order chi connectivity index (χ1) is 26.0. The van der Waals surface area contributed by atoms with Crippen LogP contribution in [0.15, 0.2) is 94.9 Å². The van der Waals surface area contributed by atoms with E-state index in [2.05, 4.69) is 10.5 Å². The summed E-state index contributed by atoms with van der Waals surface area (Å²) in [6.45, 7) is 0.320. The van der Waals surface area contributed by atoms with Crippen LogP contribution in [0.1, 0.15) is 28.8 Å². The fraction of sp³-hybridized carbons (Fsp3) is 0.306. The number of hydrazone groups is 1. The Morgan fingerprint density at radius 2 is 1.55 bits per heavy atom. The Kier molecular flexibility index (Phi) is 15.1. The van der Waals surface area contributed by atoms with Gasteiger partial charge in [0, 0.05) is 57.1 Å². The van der Waals surface area contributed by atoms with Crippen molar-refractivity contribution in [3.05, 3.63) is 96.1 Å². The predicted molar refractivity (Wildman–Crippen MR) is 212 cm³/mol. The summed E-state index contributed by atoms with van der Waals surface area (Å²) in [5.41, 5.74) is 4.20.